The lowest BCUT2D eigenvalue weighted by Gasteiger charge is -2.37. The van der Waals surface area contributed by atoms with Crippen molar-refractivity contribution >= 4 is 17.2 Å². The van der Waals surface area contributed by atoms with Crippen molar-refractivity contribution in [1.29, 1.82) is 0 Å². The third-order valence-electron chi connectivity index (χ3n) is 4.14. The van der Waals surface area contributed by atoms with Crippen molar-refractivity contribution in [2.75, 3.05) is 13.6 Å². The summed E-state index contributed by atoms with van der Waals surface area (Å²) in [5, 5.41) is 4.37. The van der Waals surface area contributed by atoms with E-state index in [9.17, 15) is 4.79 Å². The Labute approximate surface area is 106 Å². The summed E-state index contributed by atoms with van der Waals surface area (Å²) >= 11 is 1.76. The van der Waals surface area contributed by atoms with Gasteiger partial charge in [-0.1, -0.05) is 0 Å². The van der Waals surface area contributed by atoms with E-state index in [1.54, 1.807) is 11.3 Å². The molecule has 4 heteroatoms. The second-order valence-corrected chi connectivity index (χ2v) is 5.85. The van der Waals surface area contributed by atoms with Gasteiger partial charge in [-0.3, -0.25) is 9.69 Å². The van der Waals surface area contributed by atoms with Gasteiger partial charge in [0.1, 0.15) is 0 Å². The molecule has 3 heterocycles. The lowest BCUT2D eigenvalue weighted by molar-refractivity contribution is -0.135. The molecule has 0 aliphatic carbocycles. The molecule has 0 saturated carbocycles. The number of thiophene rings is 1. The average Bonchev–Trinajstić information content (AvgIpc) is 2.95. The van der Waals surface area contributed by atoms with E-state index in [2.05, 4.69) is 21.7 Å². The SMILES string of the molecule is CN1C(=O)CC[C@@H]2[C@H]1CCN2Cc1ccsc1. The molecular formula is C13H18N2OS. The van der Waals surface area contributed by atoms with Crippen LogP contribution in [0.2, 0.25) is 0 Å². The molecule has 0 unspecified atom stereocenters. The van der Waals surface area contributed by atoms with Gasteiger partial charge in [0.15, 0.2) is 0 Å². The van der Waals surface area contributed by atoms with Crippen LogP contribution >= 0.6 is 11.3 Å². The van der Waals surface area contributed by atoms with Crippen molar-refractivity contribution in [3.8, 4) is 0 Å². The summed E-state index contributed by atoms with van der Waals surface area (Å²) in [6.45, 7) is 2.18. The molecular weight excluding hydrogens is 232 g/mol. The van der Waals surface area contributed by atoms with Gasteiger partial charge in [-0.05, 0) is 35.2 Å². The maximum atomic E-state index is 11.7. The molecule has 0 spiro atoms. The first-order valence-electron chi connectivity index (χ1n) is 6.26. The number of carbonyl (C=O) groups excluding carboxylic acids is 1. The third kappa shape index (κ3) is 2.00. The first-order chi connectivity index (χ1) is 8.25. The summed E-state index contributed by atoms with van der Waals surface area (Å²) in [6.07, 6.45) is 2.90. The monoisotopic (exact) mass is 250 g/mol. The van der Waals surface area contributed by atoms with Gasteiger partial charge in [0.2, 0.25) is 5.91 Å². The van der Waals surface area contributed by atoms with Gasteiger partial charge >= 0.3 is 0 Å². The van der Waals surface area contributed by atoms with Crippen molar-refractivity contribution in [3.05, 3.63) is 22.4 Å². The minimum absolute atomic E-state index is 0.323. The first kappa shape index (κ1) is 11.2. The number of amides is 1. The second kappa shape index (κ2) is 4.42. The zero-order chi connectivity index (χ0) is 11.8. The predicted octanol–water partition coefficient (Wildman–Crippen LogP) is 1.94. The Morgan fingerprint density at radius 1 is 1.41 bits per heavy atom. The first-order valence-corrected chi connectivity index (χ1v) is 7.21. The zero-order valence-corrected chi connectivity index (χ0v) is 10.9. The number of likely N-dealkylation sites (N-methyl/N-ethyl adjacent to an activating group) is 1. The van der Waals surface area contributed by atoms with Gasteiger partial charge in [0.25, 0.3) is 0 Å². The lowest BCUT2D eigenvalue weighted by Crippen LogP contribution is -2.50. The van der Waals surface area contributed by atoms with Gasteiger partial charge < -0.3 is 4.90 Å². The summed E-state index contributed by atoms with van der Waals surface area (Å²) in [7, 11) is 1.97. The van der Waals surface area contributed by atoms with Gasteiger partial charge in [0, 0.05) is 38.6 Å². The fraction of sp³-hybridized carbons (Fsp3) is 0.615. The number of piperidine rings is 1. The second-order valence-electron chi connectivity index (χ2n) is 5.07. The molecule has 2 aliphatic heterocycles. The van der Waals surface area contributed by atoms with Crippen molar-refractivity contribution < 1.29 is 4.79 Å². The molecule has 2 fully saturated rings. The molecule has 1 aromatic heterocycles. The van der Waals surface area contributed by atoms with E-state index >= 15 is 0 Å². The van der Waals surface area contributed by atoms with Gasteiger partial charge in [-0.15, -0.1) is 0 Å². The lowest BCUT2D eigenvalue weighted by atomic mass is 9.97. The van der Waals surface area contributed by atoms with Crippen LogP contribution in [0.15, 0.2) is 16.8 Å². The summed E-state index contributed by atoms with van der Waals surface area (Å²) in [6, 6.07) is 3.24. The van der Waals surface area contributed by atoms with Crippen LogP contribution in [0.25, 0.3) is 0 Å². The van der Waals surface area contributed by atoms with Crippen LogP contribution in [0.3, 0.4) is 0 Å². The van der Waals surface area contributed by atoms with E-state index in [1.807, 2.05) is 11.9 Å². The Morgan fingerprint density at radius 3 is 3.06 bits per heavy atom. The highest BCUT2D eigenvalue weighted by Gasteiger charge is 2.41. The Morgan fingerprint density at radius 2 is 2.29 bits per heavy atom. The van der Waals surface area contributed by atoms with Crippen molar-refractivity contribution in [3.63, 3.8) is 0 Å². The molecule has 0 bridgehead atoms. The number of hydrogen-bond acceptors (Lipinski definition) is 3. The number of nitrogens with zero attached hydrogens (tertiary/aromatic N) is 2. The maximum Gasteiger partial charge on any atom is 0.222 e. The van der Waals surface area contributed by atoms with Crippen molar-refractivity contribution in [2.45, 2.75) is 37.9 Å². The fourth-order valence-corrected chi connectivity index (χ4v) is 3.83. The summed E-state index contributed by atoms with van der Waals surface area (Å²) < 4.78 is 0. The smallest absolute Gasteiger partial charge is 0.222 e. The summed E-state index contributed by atoms with van der Waals surface area (Å²) in [5.41, 5.74) is 1.41. The standard InChI is InChI=1S/C13H18N2OS/c1-14-11-4-6-15(8-10-5-7-17-9-10)12(11)2-3-13(14)16/h5,7,9,11-12H,2-4,6,8H2,1H3/t11-,12-/m1/s1. The number of hydrogen-bond donors (Lipinski definition) is 0. The van der Waals surface area contributed by atoms with E-state index in [0.717, 1.165) is 32.4 Å². The maximum absolute atomic E-state index is 11.7. The number of likely N-dealkylation sites (tertiary alicyclic amines) is 2. The van der Waals surface area contributed by atoms with Crippen molar-refractivity contribution in [1.82, 2.24) is 9.80 Å². The van der Waals surface area contributed by atoms with E-state index < -0.39 is 0 Å². The Balaban J connectivity index is 1.71. The zero-order valence-electron chi connectivity index (χ0n) is 10.1. The normalized spacial score (nSPS) is 29.7. The molecule has 1 aromatic rings. The Hall–Kier alpha value is -0.870. The highest BCUT2D eigenvalue weighted by atomic mass is 32.1. The van der Waals surface area contributed by atoms with Crippen LogP contribution in [-0.4, -0.2) is 41.4 Å². The molecule has 0 radical (unpaired) electrons. The highest BCUT2D eigenvalue weighted by Crippen LogP contribution is 2.31. The summed E-state index contributed by atoms with van der Waals surface area (Å²) in [5.74, 6) is 0.323. The number of rotatable bonds is 2. The van der Waals surface area contributed by atoms with Crippen molar-refractivity contribution in [2.24, 2.45) is 0 Å². The van der Waals surface area contributed by atoms with Gasteiger partial charge in [-0.2, -0.15) is 11.3 Å². The van der Waals surface area contributed by atoms with Crippen LogP contribution in [0.5, 0.6) is 0 Å². The molecule has 92 valence electrons. The predicted molar refractivity (Wildman–Crippen MR) is 68.9 cm³/mol. The molecule has 0 aromatic carbocycles. The van der Waals surface area contributed by atoms with Crippen LogP contribution in [0.4, 0.5) is 0 Å². The van der Waals surface area contributed by atoms with E-state index in [1.165, 1.54) is 5.56 Å². The molecule has 3 rings (SSSR count). The molecule has 0 N–H and O–H groups in total. The molecule has 2 saturated heterocycles. The molecule has 2 aliphatic rings. The third-order valence-corrected chi connectivity index (χ3v) is 4.87. The van der Waals surface area contributed by atoms with E-state index in [4.69, 9.17) is 0 Å². The van der Waals surface area contributed by atoms with Gasteiger partial charge in [0.05, 0.1) is 0 Å². The Bertz CT molecular complexity index is 404. The number of carbonyl (C=O) groups is 1. The highest BCUT2D eigenvalue weighted by molar-refractivity contribution is 7.07. The largest absolute Gasteiger partial charge is 0.341 e. The van der Waals surface area contributed by atoms with Crippen LogP contribution in [-0.2, 0) is 11.3 Å². The molecule has 17 heavy (non-hydrogen) atoms. The minimum Gasteiger partial charge on any atom is -0.341 e. The average molecular weight is 250 g/mol. The molecule has 1 amide bonds. The van der Waals surface area contributed by atoms with Crippen LogP contribution in [0.1, 0.15) is 24.8 Å². The molecule has 2 atom stereocenters. The topological polar surface area (TPSA) is 23.6 Å². The van der Waals surface area contributed by atoms with Gasteiger partial charge in [-0.25, -0.2) is 0 Å². The number of fused-ring (bicyclic) bond motifs is 1. The van der Waals surface area contributed by atoms with E-state index in [-0.39, 0.29) is 0 Å². The quantitative estimate of drug-likeness (QED) is 0.801. The van der Waals surface area contributed by atoms with E-state index in [0.29, 0.717) is 18.0 Å². The van der Waals surface area contributed by atoms with Crippen LogP contribution < -0.4 is 0 Å². The molecule has 3 nitrogen and oxygen atoms in total. The summed E-state index contributed by atoms with van der Waals surface area (Å²) in [4.78, 5) is 16.2. The minimum atomic E-state index is 0.323. The van der Waals surface area contributed by atoms with Crippen LogP contribution in [0, 0.1) is 0 Å². The fourth-order valence-electron chi connectivity index (χ4n) is 3.17. The Kier molecular flexibility index (Phi) is 2.92.